The fraction of sp³-hybridized carbons (Fsp3) is 0.176. The topological polar surface area (TPSA) is 105 Å². The number of anilines is 1. The van der Waals surface area contributed by atoms with E-state index in [-0.39, 0.29) is 5.82 Å². The molecule has 8 heteroatoms. The molecule has 2 N–H and O–H groups in total. The monoisotopic (exact) mass is 336 g/mol. The third kappa shape index (κ3) is 2.78. The summed E-state index contributed by atoms with van der Waals surface area (Å²) < 4.78 is 12.5. The number of benzene rings is 1. The molecule has 25 heavy (non-hydrogen) atoms. The first-order valence-electron chi connectivity index (χ1n) is 7.87. The van der Waals surface area contributed by atoms with E-state index in [0.29, 0.717) is 30.5 Å². The molecular formula is C17H16N6O2. The maximum absolute atomic E-state index is 5.80. The lowest BCUT2D eigenvalue weighted by Gasteiger charge is -2.07. The fourth-order valence-corrected chi connectivity index (χ4v) is 2.67. The lowest BCUT2D eigenvalue weighted by Crippen LogP contribution is -2.01. The Hall–Kier alpha value is -3.42. The summed E-state index contributed by atoms with van der Waals surface area (Å²) in [5.41, 5.74) is 8.91. The van der Waals surface area contributed by atoms with Crippen LogP contribution in [-0.4, -0.2) is 24.8 Å². The molecule has 4 rings (SSSR count). The first-order chi connectivity index (χ1) is 12.3. The van der Waals surface area contributed by atoms with Crippen LogP contribution in [0.15, 0.2) is 47.2 Å². The van der Waals surface area contributed by atoms with Crippen molar-refractivity contribution in [1.82, 2.24) is 24.8 Å². The Labute approximate surface area is 143 Å². The number of rotatable bonds is 5. The Kier molecular flexibility index (Phi) is 3.77. The average molecular weight is 336 g/mol. The number of hydrogen-bond acceptors (Lipinski definition) is 7. The summed E-state index contributed by atoms with van der Waals surface area (Å²) in [7, 11) is 0. The highest BCUT2D eigenvalue weighted by Crippen LogP contribution is 2.27. The van der Waals surface area contributed by atoms with Gasteiger partial charge in [0.05, 0.1) is 11.7 Å². The summed E-state index contributed by atoms with van der Waals surface area (Å²) in [6, 6.07) is 11.8. The second-order valence-electron chi connectivity index (χ2n) is 5.46. The number of imidazole rings is 1. The second kappa shape index (κ2) is 6.23. The molecule has 4 aromatic rings. The minimum absolute atomic E-state index is 0.207. The minimum atomic E-state index is 0.207. The molecule has 126 valence electrons. The average Bonchev–Trinajstić information content (AvgIpc) is 3.23. The van der Waals surface area contributed by atoms with Crippen LogP contribution in [0, 0.1) is 0 Å². The van der Waals surface area contributed by atoms with E-state index in [1.165, 1.54) is 0 Å². The SMILES string of the molecule is CCn1c(-c2nonc2N)nc2cnc(OCc3ccccc3)cc21. The lowest BCUT2D eigenvalue weighted by atomic mass is 10.2. The third-order valence-corrected chi connectivity index (χ3v) is 3.88. The van der Waals surface area contributed by atoms with Crippen LogP contribution in [0.4, 0.5) is 5.82 Å². The molecule has 0 radical (unpaired) electrons. The molecule has 0 aliphatic rings. The van der Waals surface area contributed by atoms with Crippen molar-refractivity contribution in [3.63, 3.8) is 0 Å². The Balaban J connectivity index is 1.69. The van der Waals surface area contributed by atoms with Crippen LogP contribution in [0.3, 0.4) is 0 Å². The molecule has 0 amide bonds. The number of aromatic nitrogens is 5. The number of aryl methyl sites for hydroxylation is 1. The van der Waals surface area contributed by atoms with Crippen molar-refractivity contribution in [2.24, 2.45) is 0 Å². The maximum Gasteiger partial charge on any atom is 0.215 e. The molecule has 0 saturated heterocycles. The van der Waals surface area contributed by atoms with Gasteiger partial charge in [-0.2, -0.15) is 0 Å². The standard InChI is InChI=1S/C17H16N6O2/c1-2-23-13-8-14(24-10-11-6-4-3-5-7-11)19-9-12(13)20-17(23)15-16(18)22-25-21-15/h3-9H,2,10H2,1H3,(H2,18,22). The van der Waals surface area contributed by atoms with Gasteiger partial charge in [-0.05, 0) is 22.8 Å². The van der Waals surface area contributed by atoms with Crippen molar-refractivity contribution in [1.29, 1.82) is 0 Å². The largest absolute Gasteiger partial charge is 0.473 e. The van der Waals surface area contributed by atoms with Gasteiger partial charge in [0.1, 0.15) is 12.1 Å². The van der Waals surface area contributed by atoms with Gasteiger partial charge in [0, 0.05) is 12.6 Å². The Morgan fingerprint density at radius 3 is 2.76 bits per heavy atom. The molecule has 0 unspecified atom stereocenters. The molecule has 0 spiro atoms. The molecule has 0 saturated carbocycles. The van der Waals surface area contributed by atoms with Gasteiger partial charge >= 0.3 is 0 Å². The first kappa shape index (κ1) is 15.1. The van der Waals surface area contributed by atoms with E-state index < -0.39 is 0 Å². The van der Waals surface area contributed by atoms with E-state index >= 15 is 0 Å². The van der Waals surface area contributed by atoms with Crippen molar-refractivity contribution in [2.75, 3.05) is 5.73 Å². The zero-order chi connectivity index (χ0) is 17.2. The van der Waals surface area contributed by atoms with Gasteiger partial charge in [0.15, 0.2) is 17.3 Å². The normalized spacial score (nSPS) is 11.1. The zero-order valence-corrected chi connectivity index (χ0v) is 13.6. The van der Waals surface area contributed by atoms with Crippen LogP contribution in [0.2, 0.25) is 0 Å². The number of hydrogen-bond donors (Lipinski definition) is 1. The van der Waals surface area contributed by atoms with Gasteiger partial charge in [-0.25, -0.2) is 14.6 Å². The Bertz CT molecular complexity index is 1010. The fourth-order valence-electron chi connectivity index (χ4n) is 2.67. The molecule has 0 bridgehead atoms. The number of fused-ring (bicyclic) bond motifs is 1. The van der Waals surface area contributed by atoms with Gasteiger partial charge in [-0.3, -0.25) is 0 Å². The zero-order valence-electron chi connectivity index (χ0n) is 13.6. The summed E-state index contributed by atoms with van der Waals surface area (Å²) in [6.45, 7) is 3.14. The van der Waals surface area contributed by atoms with Crippen molar-refractivity contribution in [3.05, 3.63) is 48.2 Å². The summed E-state index contributed by atoms with van der Waals surface area (Å²) in [4.78, 5) is 8.87. The smallest absolute Gasteiger partial charge is 0.215 e. The predicted octanol–water partition coefficient (Wildman–Crippen LogP) is 2.66. The van der Waals surface area contributed by atoms with E-state index in [4.69, 9.17) is 10.5 Å². The third-order valence-electron chi connectivity index (χ3n) is 3.88. The molecule has 8 nitrogen and oxygen atoms in total. The summed E-state index contributed by atoms with van der Waals surface area (Å²) in [6.07, 6.45) is 1.68. The second-order valence-corrected chi connectivity index (χ2v) is 5.46. The van der Waals surface area contributed by atoms with Gasteiger partial charge < -0.3 is 15.0 Å². The lowest BCUT2D eigenvalue weighted by molar-refractivity contribution is 0.294. The van der Waals surface area contributed by atoms with Gasteiger partial charge in [-0.15, -0.1) is 0 Å². The highest BCUT2D eigenvalue weighted by atomic mass is 16.6. The minimum Gasteiger partial charge on any atom is -0.473 e. The quantitative estimate of drug-likeness (QED) is 0.597. The number of nitrogen functional groups attached to an aromatic ring is 1. The molecule has 0 aliphatic carbocycles. The van der Waals surface area contributed by atoms with Crippen LogP contribution in [0.25, 0.3) is 22.6 Å². The van der Waals surface area contributed by atoms with E-state index in [2.05, 4.69) is 24.9 Å². The van der Waals surface area contributed by atoms with Crippen molar-refractivity contribution in [3.8, 4) is 17.4 Å². The predicted molar refractivity (Wildman–Crippen MR) is 91.7 cm³/mol. The van der Waals surface area contributed by atoms with Gasteiger partial charge in [0.25, 0.3) is 0 Å². The highest BCUT2D eigenvalue weighted by Gasteiger charge is 2.19. The van der Waals surface area contributed by atoms with E-state index in [1.54, 1.807) is 6.20 Å². The number of ether oxygens (including phenoxy) is 1. The highest BCUT2D eigenvalue weighted by molar-refractivity contribution is 5.81. The molecule has 0 fully saturated rings. The molecule has 3 aromatic heterocycles. The van der Waals surface area contributed by atoms with Crippen molar-refractivity contribution < 1.29 is 9.37 Å². The number of pyridine rings is 1. The van der Waals surface area contributed by atoms with Gasteiger partial charge in [-0.1, -0.05) is 30.3 Å². The number of nitrogens with two attached hydrogens (primary N) is 1. The number of nitrogens with zero attached hydrogens (tertiary/aromatic N) is 5. The van der Waals surface area contributed by atoms with Crippen LogP contribution in [0.1, 0.15) is 12.5 Å². The van der Waals surface area contributed by atoms with E-state index in [9.17, 15) is 0 Å². The Morgan fingerprint density at radius 2 is 2.04 bits per heavy atom. The molecular weight excluding hydrogens is 320 g/mol. The van der Waals surface area contributed by atoms with Crippen molar-refractivity contribution >= 4 is 16.9 Å². The molecule has 1 aromatic carbocycles. The van der Waals surface area contributed by atoms with Crippen LogP contribution in [-0.2, 0) is 13.2 Å². The molecule has 0 atom stereocenters. The van der Waals surface area contributed by atoms with Crippen LogP contribution >= 0.6 is 0 Å². The van der Waals surface area contributed by atoms with Crippen LogP contribution in [0.5, 0.6) is 5.88 Å². The van der Waals surface area contributed by atoms with Crippen LogP contribution < -0.4 is 10.5 Å². The first-order valence-corrected chi connectivity index (χ1v) is 7.87. The van der Waals surface area contributed by atoms with E-state index in [1.807, 2.05) is 47.9 Å². The van der Waals surface area contributed by atoms with Gasteiger partial charge in [0.2, 0.25) is 5.88 Å². The molecule has 0 aliphatic heterocycles. The summed E-state index contributed by atoms with van der Waals surface area (Å²) >= 11 is 0. The summed E-state index contributed by atoms with van der Waals surface area (Å²) in [5.74, 6) is 1.33. The Morgan fingerprint density at radius 1 is 1.20 bits per heavy atom. The summed E-state index contributed by atoms with van der Waals surface area (Å²) in [5, 5.41) is 7.46. The maximum atomic E-state index is 5.80. The van der Waals surface area contributed by atoms with Crippen molar-refractivity contribution in [2.45, 2.75) is 20.1 Å². The van der Waals surface area contributed by atoms with E-state index in [0.717, 1.165) is 16.6 Å². The molecule has 3 heterocycles.